The van der Waals surface area contributed by atoms with Crippen molar-refractivity contribution in [2.24, 2.45) is 5.92 Å². The van der Waals surface area contributed by atoms with Crippen molar-refractivity contribution < 1.29 is 9.53 Å². The van der Waals surface area contributed by atoms with Crippen LogP contribution in [0.4, 0.5) is 5.82 Å². The summed E-state index contributed by atoms with van der Waals surface area (Å²) in [5, 5.41) is 0. The van der Waals surface area contributed by atoms with E-state index in [9.17, 15) is 4.79 Å². The molecule has 22 heavy (non-hydrogen) atoms. The van der Waals surface area contributed by atoms with Crippen LogP contribution < -0.4 is 9.64 Å². The molecule has 1 aliphatic heterocycles. The Morgan fingerprint density at radius 3 is 2.82 bits per heavy atom. The fraction of sp³-hybridized carbons (Fsp3) is 0.688. The lowest BCUT2D eigenvalue weighted by atomic mass is 10.1. The molecule has 3 rings (SSSR count). The SMILES string of the molecule is CN(C)c1nccnc1O[C@H]1CCCN(C(=O)CC2CC2)C1. The molecule has 1 aromatic rings. The Kier molecular flexibility index (Phi) is 4.45. The molecule has 1 amide bonds. The minimum Gasteiger partial charge on any atom is -0.470 e. The van der Waals surface area contributed by atoms with E-state index in [2.05, 4.69) is 9.97 Å². The summed E-state index contributed by atoms with van der Waals surface area (Å²) >= 11 is 0. The molecule has 120 valence electrons. The van der Waals surface area contributed by atoms with Gasteiger partial charge in [-0.25, -0.2) is 9.97 Å². The number of nitrogens with zero attached hydrogens (tertiary/aromatic N) is 4. The van der Waals surface area contributed by atoms with Gasteiger partial charge in [-0.15, -0.1) is 0 Å². The van der Waals surface area contributed by atoms with E-state index in [0.29, 0.717) is 24.8 Å². The summed E-state index contributed by atoms with van der Waals surface area (Å²) in [6, 6.07) is 0. The molecule has 1 saturated heterocycles. The Labute approximate surface area is 131 Å². The summed E-state index contributed by atoms with van der Waals surface area (Å²) < 4.78 is 6.04. The zero-order valence-electron chi connectivity index (χ0n) is 13.4. The summed E-state index contributed by atoms with van der Waals surface area (Å²) in [6.45, 7) is 1.52. The number of hydrogen-bond donors (Lipinski definition) is 0. The second-order valence-electron chi connectivity index (χ2n) is 6.45. The van der Waals surface area contributed by atoms with Gasteiger partial charge in [0.2, 0.25) is 5.91 Å². The topological polar surface area (TPSA) is 58.6 Å². The minimum atomic E-state index is 0.00676. The molecule has 1 saturated carbocycles. The van der Waals surface area contributed by atoms with Crippen molar-refractivity contribution in [1.82, 2.24) is 14.9 Å². The molecule has 2 aliphatic rings. The first-order valence-corrected chi connectivity index (χ1v) is 8.06. The molecule has 0 unspecified atom stereocenters. The molecule has 6 heteroatoms. The second-order valence-corrected chi connectivity index (χ2v) is 6.45. The molecule has 2 fully saturated rings. The number of anilines is 1. The van der Waals surface area contributed by atoms with E-state index in [1.165, 1.54) is 12.8 Å². The summed E-state index contributed by atoms with van der Waals surface area (Å²) in [7, 11) is 3.84. The minimum absolute atomic E-state index is 0.00676. The summed E-state index contributed by atoms with van der Waals surface area (Å²) in [5.74, 6) is 2.19. The number of carbonyl (C=O) groups is 1. The van der Waals surface area contributed by atoms with Gasteiger partial charge in [0.1, 0.15) is 6.10 Å². The molecule has 2 heterocycles. The van der Waals surface area contributed by atoms with Gasteiger partial charge >= 0.3 is 0 Å². The predicted octanol–water partition coefficient (Wildman–Crippen LogP) is 1.71. The normalized spacial score (nSPS) is 21.5. The van der Waals surface area contributed by atoms with Crippen LogP contribution >= 0.6 is 0 Å². The molecule has 1 atom stereocenters. The highest BCUT2D eigenvalue weighted by Gasteiger charge is 2.30. The van der Waals surface area contributed by atoms with Gasteiger partial charge in [0.15, 0.2) is 5.82 Å². The maximum atomic E-state index is 12.3. The molecule has 1 aromatic heterocycles. The van der Waals surface area contributed by atoms with Gasteiger partial charge in [0.05, 0.1) is 6.54 Å². The lowest BCUT2D eigenvalue weighted by molar-refractivity contribution is -0.134. The van der Waals surface area contributed by atoms with Crippen LogP contribution in [0, 0.1) is 5.92 Å². The average Bonchev–Trinajstić information content (AvgIpc) is 3.32. The Hall–Kier alpha value is -1.85. The van der Waals surface area contributed by atoms with E-state index in [1.54, 1.807) is 12.4 Å². The maximum absolute atomic E-state index is 12.3. The Bertz CT molecular complexity index is 531. The van der Waals surface area contributed by atoms with Crippen LogP contribution in [0.2, 0.25) is 0 Å². The Morgan fingerprint density at radius 1 is 1.32 bits per heavy atom. The number of carbonyl (C=O) groups excluding carboxylic acids is 1. The molecular formula is C16H24N4O2. The number of ether oxygens (including phenoxy) is 1. The number of hydrogen-bond acceptors (Lipinski definition) is 5. The number of aromatic nitrogens is 2. The molecular weight excluding hydrogens is 280 g/mol. The fourth-order valence-electron chi connectivity index (χ4n) is 2.82. The van der Waals surface area contributed by atoms with Crippen molar-refractivity contribution in [3.63, 3.8) is 0 Å². The van der Waals surface area contributed by atoms with Gasteiger partial charge in [-0.05, 0) is 31.6 Å². The molecule has 0 bridgehead atoms. The van der Waals surface area contributed by atoms with Crippen molar-refractivity contribution >= 4 is 11.7 Å². The van der Waals surface area contributed by atoms with Crippen LogP contribution in [0.15, 0.2) is 12.4 Å². The monoisotopic (exact) mass is 304 g/mol. The number of likely N-dealkylation sites (tertiary alicyclic amines) is 1. The molecule has 0 aromatic carbocycles. The fourth-order valence-corrected chi connectivity index (χ4v) is 2.82. The number of amides is 1. The van der Waals surface area contributed by atoms with Crippen molar-refractivity contribution in [2.75, 3.05) is 32.1 Å². The van der Waals surface area contributed by atoms with Crippen LogP contribution in [0.5, 0.6) is 5.88 Å². The summed E-state index contributed by atoms with van der Waals surface area (Å²) in [6.07, 6.45) is 8.38. The van der Waals surface area contributed by atoms with E-state index in [4.69, 9.17) is 4.74 Å². The van der Waals surface area contributed by atoms with Crippen molar-refractivity contribution in [3.05, 3.63) is 12.4 Å². The van der Waals surface area contributed by atoms with E-state index < -0.39 is 0 Å². The van der Waals surface area contributed by atoms with Gasteiger partial charge < -0.3 is 14.5 Å². The Morgan fingerprint density at radius 2 is 2.09 bits per heavy atom. The molecule has 0 radical (unpaired) electrons. The van der Waals surface area contributed by atoms with Crippen LogP contribution in [0.1, 0.15) is 32.1 Å². The number of piperidine rings is 1. The third-order valence-electron chi connectivity index (χ3n) is 4.24. The standard InChI is InChI=1S/C16H24N4O2/c1-19(2)15-16(18-8-7-17-15)22-13-4-3-9-20(11-13)14(21)10-12-5-6-12/h7-8,12-13H,3-6,9-11H2,1-2H3/t13-/m0/s1. The molecule has 0 N–H and O–H groups in total. The van der Waals surface area contributed by atoms with Crippen molar-refractivity contribution in [2.45, 2.75) is 38.2 Å². The molecule has 0 spiro atoms. The predicted molar refractivity (Wildman–Crippen MR) is 83.9 cm³/mol. The quantitative estimate of drug-likeness (QED) is 0.829. The van der Waals surface area contributed by atoms with Gasteiger partial charge in [-0.1, -0.05) is 0 Å². The first-order valence-electron chi connectivity index (χ1n) is 8.06. The van der Waals surface area contributed by atoms with Crippen LogP contribution in [0.3, 0.4) is 0 Å². The zero-order valence-corrected chi connectivity index (χ0v) is 13.4. The van der Waals surface area contributed by atoms with Crippen molar-refractivity contribution in [1.29, 1.82) is 0 Å². The second kappa shape index (κ2) is 6.50. The van der Waals surface area contributed by atoms with Gasteiger partial charge in [0, 0.05) is 39.5 Å². The third-order valence-corrected chi connectivity index (χ3v) is 4.24. The first-order chi connectivity index (χ1) is 10.6. The van der Waals surface area contributed by atoms with Gasteiger partial charge in [0.25, 0.3) is 5.88 Å². The lowest BCUT2D eigenvalue weighted by Gasteiger charge is -2.33. The maximum Gasteiger partial charge on any atom is 0.257 e. The van der Waals surface area contributed by atoms with Gasteiger partial charge in [-0.3, -0.25) is 4.79 Å². The molecule has 1 aliphatic carbocycles. The smallest absolute Gasteiger partial charge is 0.257 e. The first kappa shape index (κ1) is 15.1. The average molecular weight is 304 g/mol. The van der Waals surface area contributed by atoms with Crippen molar-refractivity contribution in [3.8, 4) is 5.88 Å². The summed E-state index contributed by atoms with van der Waals surface area (Å²) in [4.78, 5) is 24.7. The number of rotatable bonds is 5. The van der Waals surface area contributed by atoms with Crippen LogP contribution in [-0.2, 0) is 4.79 Å². The molecule has 6 nitrogen and oxygen atoms in total. The van der Waals surface area contributed by atoms with Crippen LogP contribution in [-0.4, -0.2) is 54.1 Å². The largest absolute Gasteiger partial charge is 0.470 e. The zero-order chi connectivity index (χ0) is 15.5. The third kappa shape index (κ3) is 3.67. The highest BCUT2D eigenvalue weighted by atomic mass is 16.5. The highest BCUT2D eigenvalue weighted by Crippen LogP contribution is 2.33. The van der Waals surface area contributed by atoms with E-state index in [0.717, 1.165) is 25.2 Å². The van der Waals surface area contributed by atoms with Gasteiger partial charge in [-0.2, -0.15) is 0 Å². The highest BCUT2D eigenvalue weighted by molar-refractivity contribution is 5.76. The van der Waals surface area contributed by atoms with E-state index in [-0.39, 0.29) is 12.0 Å². The van der Waals surface area contributed by atoms with Crippen LogP contribution in [0.25, 0.3) is 0 Å². The van der Waals surface area contributed by atoms with E-state index >= 15 is 0 Å². The Balaban J connectivity index is 1.61. The van der Waals surface area contributed by atoms with E-state index in [1.807, 2.05) is 23.9 Å². The summed E-state index contributed by atoms with van der Waals surface area (Å²) in [5.41, 5.74) is 0. The lowest BCUT2D eigenvalue weighted by Crippen LogP contribution is -2.44.